The zero-order valence-corrected chi connectivity index (χ0v) is 12.1. The average Bonchev–Trinajstić information content (AvgIpc) is 2.99. The molecule has 104 valence electrons. The summed E-state index contributed by atoms with van der Waals surface area (Å²) >= 11 is 1.51. The Morgan fingerprint density at radius 1 is 1.40 bits per heavy atom. The van der Waals surface area contributed by atoms with E-state index in [2.05, 4.69) is 4.98 Å². The van der Waals surface area contributed by atoms with Crippen LogP contribution < -0.4 is 9.64 Å². The average molecular weight is 289 g/mol. The molecule has 20 heavy (non-hydrogen) atoms. The van der Waals surface area contributed by atoms with Crippen LogP contribution in [0.1, 0.15) is 5.69 Å². The molecule has 0 saturated carbocycles. The van der Waals surface area contributed by atoms with Crippen LogP contribution in [-0.4, -0.2) is 28.6 Å². The number of fused-ring (bicyclic) bond motifs is 1. The standard InChI is InChI=1S/C14H15N3O2S/c1-16(2)10-4-3-5-11(8-10)19-13-12(9-18)17-6-7-20-14(17)15-13/h3-8,18H,9H2,1-2H3. The monoisotopic (exact) mass is 289 g/mol. The van der Waals surface area contributed by atoms with E-state index < -0.39 is 0 Å². The van der Waals surface area contributed by atoms with Crippen molar-refractivity contribution in [3.63, 3.8) is 0 Å². The molecule has 0 amide bonds. The van der Waals surface area contributed by atoms with Gasteiger partial charge >= 0.3 is 0 Å². The fourth-order valence-electron chi connectivity index (χ4n) is 1.98. The molecule has 5 nitrogen and oxygen atoms in total. The number of hydrogen-bond donors (Lipinski definition) is 1. The molecule has 2 aromatic heterocycles. The van der Waals surface area contributed by atoms with E-state index in [4.69, 9.17) is 4.74 Å². The SMILES string of the molecule is CN(C)c1cccc(Oc2nc3sccn3c2CO)c1. The Hall–Kier alpha value is -2.05. The summed E-state index contributed by atoms with van der Waals surface area (Å²) in [7, 11) is 3.95. The maximum Gasteiger partial charge on any atom is 0.244 e. The van der Waals surface area contributed by atoms with E-state index in [0.29, 0.717) is 17.3 Å². The second-order valence-corrected chi connectivity index (χ2v) is 5.44. The van der Waals surface area contributed by atoms with Crippen molar-refractivity contribution in [2.45, 2.75) is 6.61 Å². The summed E-state index contributed by atoms with van der Waals surface area (Å²) in [6.07, 6.45) is 1.88. The van der Waals surface area contributed by atoms with Gasteiger partial charge in [0.15, 0.2) is 4.96 Å². The fourth-order valence-corrected chi connectivity index (χ4v) is 2.70. The molecule has 0 aliphatic rings. The summed E-state index contributed by atoms with van der Waals surface area (Å²) in [5.74, 6) is 1.16. The Kier molecular flexibility index (Phi) is 3.33. The van der Waals surface area contributed by atoms with Gasteiger partial charge in [0.2, 0.25) is 5.88 Å². The molecule has 0 atom stereocenters. The van der Waals surface area contributed by atoms with Crippen LogP contribution in [0.15, 0.2) is 35.8 Å². The first-order valence-electron chi connectivity index (χ1n) is 6.19. The Labute approximate surface area is 120 Å². The number of nitrogens with zero attached hydrogens (tertiary/aromatic N) is 3. The Balaban J connectivity index is 1.96. The molecule has 3 rings (SSSR count). The van der Waals surface area contributed by atoms with Gasteiger partial charge in [-0.05, 0) is 12.1 Å². The first kappa shape index (κ1) is 13.0. The minimum atomic E-state index is -0.111. The maximum atomic E-state index is 9.50. The van der Waals surface area contributed by atoms with Crippen molar-refractivity contribution in [1.29, 1.82) is 0 Å². The summed E-state index contributed by atoms with van der Waals surface area (Å²) in [6, 6.07) is 7.75. The molecule has 1 aromatic carbocycles. The van der Waals surface area contributed by atoms with Crippen LogP contribution in [0.25, 0.3) is 4.96 Å². The molecule has 0 unspecified atom stereocenters. The van der Waals surface area contributed by atoms with Crippen LogP contribution in [0.3, 0.4) is 0 Å². The van der Waals surface area contributed by atoms with Gasteiger partial charge < -0.3 is 14.7 Å². The highest BCUT2D eigenvalue weighted by Gasteiger charge is 2.14. The van der Waals surface area contributed by atoms with Gasteiger partial charge in [-0.3, -0.25) is 4.40 Å². The highest BCUT2D eigenvalue weighted by Crippen LogP contribution is 2.29. The van der Waals surface area contributed by atoms with Crippen LogP contribution in [0.2, 0.25) is 0 Å². The zero-order chi connectivity index (χ0) is 14.1. The van der Waals surface area contributed by atoms with E-state index in [1.807, 2.05) is 59.2 Å². The topological polar surface area (TPSA) is 50.0 Å². The molecule has 2 heterocycles. The highest BCUT2D eigenvalue weighted by atomic mass is 32.1. The van der Waals surface area contributed by atoms with Gasteiger partial charge in [-0.2, -0.15) is 4.98 Å². The molecule has 0 aliphatic carbocycles. The van der Waals surface area contributed by atoms with Gasteiger partial charge in [0, 0.05) is 37.4 Å². The third-order valence-electron chi connectivity index (χ3n) is 3.02. The number of aromatic nitrogens is 2. The highest BCUT2D eigenvalue weighted by molar-refractivity contribution is 7.15. The molecule has 0 aliphatic heterocycles. The molecular formula is C14H15N3O2S. The number of ether oxygens (including phenoxy) is 1. The first-order valence-corrected chi connectivity index (χ1v) is 7.07. The summed E-state index contributed by atoms with van der Waals surface area (Å²) in [6.45, 7) is -0.111. The largest absolute Gasteiger partial charge is 0.437 e. The van der Waals surface area contributed by atoms with Gasteiger partial charge in [-0.15, -0.1) is 11.3 Å². The summed E-state index contributed by atoms with van der Waals surface area (Å²) in [5, 5.41) is 11.4. The first-order chi connectivity index (χ1) is 9.69. The van der Waals surface area contributed by atoms with E-state index in [0.717, 1.165) is 10.6 Å². The molecule has 3 aromatic rings. The number of rotatable bonds is 4. The third kappa shape index (κ3) is 2.23. The lowest BCUT2D eigenvalue weighted by Crippen LogP contribution is -2.08. The number of aliphatic hydroxyl groups is 1. The number of benzene rings is 1. The van der Waals surface area contributed by atoms with Crippen LogP contribution >= 0.6 is 11.3 Å². The molecular weight excluding hydrogens is 274 g/mol. The van der Waals surface area contributed by atoms with Crippen LogP contribution in [0.4, 0.5) is 5.69 Å². The van der Waals surface area contributed by atoms with Gasteiger partial charge in [-0.1, -0.05) is 6.07 Å². The summed E-state index contributed by atoms with van der Waals surface area (Å²) in [5.41, 5.74) is 1.71. The predicted molar refractivity (Wildman–Crippen MR) is 79.8 cm³/mol. The van der Waals surface area contributed by atoms with Crippen molar-refractivity contribution < 1.29 is 9.84 Å². The van der Waals surface area contributed by atoms with Crippen molar-refractivity contribution >= 4 is 22.0 Å². The van der Waals surface area contributed by atoms with E-state index in [9.17, 15) is 5.11 Å². The van der Waals surface area contributed by atoms with E-state index >= 15 is 0 Å². The third-order valence-corrected chi connectivity index (χ3v) is 3.78. The molecule has 0 bridgehead atoms. The van der Waals surface area contributed by atoms with E-state index in [1.165, 1.54) is 11.3 Å². The minimum Gasteiger partial charge on any atom is -0.437 e. The second-order valence-electron chi connectivity index (χ2n) is 4.57. The number of aliphatic hydroxyl groups excluding tert-OH is 1. The Bertz CT molecular complexity index is 733. The number of imidazole rings is 1. The molecule has 1 N–H and O–H groups in total. The van der Waals surface area contributed by atoms with E-state index in [1.54, 1.807) is 0 Å². The van der Waals surface area contributed by atoms with Crippen molar-refractivity contribution in [3.8, 4) is 11.6 Å². The number of hydrogen-bond acceptors (Lipinski definition) is 5. The molecule has 6 heteroatoms. The fraction of sp³-hybridized carbons (Fsp3) is 0.214. The molecule has 0 saturated heterocycles. The molecule has 0 fully saturated rings. The minimum absolute atomic E-state index is 0.111. The Morgan fingerprint density at radius 3 is 3.00 bits per heavy atom. The number of anilines is 1. The summed E-state index contributed by atoms with van der Waals surface area (Å²) < 4.78 is 7.67. The number of thiazole rings is 1. The lowest BCUT2D eigenvalue weighted by molar-refractivity contribution is 0.270. The van der Waals surface area contributed by atoms with Gasteiger partial charge in [0.1, 0.15) is 11.4 Å². The molecule has 0 radical (unpaired) electrons. The van der Waals surface area contributed by atoms with Crippen LogP contribution in [0, 0.1) is 0 Å². The normalized spacial score (nSPS) is 10.9. The van der Waals surface area contributed by atoms with Gasteiger partial charge in [-0.25, -0.2) is 0 Å². The maximum absolute atomic E-state index is 9.50. The Morgan fingerprint density at radius 2 is 2.25 bits per heavy atom. The van der Waals surface area contributed by atoms with Crippen LogP contribution in [0.5, 0.6) is 11.6 Å². The lowest BCUT2D eigenvalue weighted by Gasteiger charge is -2.13. The zero-order valence-electron chi connectivity index (χ0n) is 11.3. The van der Waals surface area contributed by atoms with E-state index in [-0.39, 0.29) is 6.61 Å². The quantitative estimate of drug-likeness (QED) is 0.802. The second kappa shape index (κ2) is 5.15. The van der Waals surface area contributed by atoms with Crippen molar-refractivity contribution in [2.75, 3.05) is 19.0 Å². The van der Waals surface area contributed by atoms with Crippen molar-refractivity contribution in [3.05, 3.63) is 41.5 Å². The van der Waals surface area contributed by atoms with Crippen molar-refractivity contribution in [2.24, 2.45) is 0 Å². The van der Waals surface area contributed by atoms with Gasteiger partial charge in [0.05, 0.1) is 6.61 Å². The molecule has 0 spiro atoms. The lowest BCUT2D eigenvalue weighted by atomic mass is 10.3. The van der Waals surface area contributed by atoms with Gasteiger partial charge in [0.25, 0.3) is 0 Å². The smallest absolute Gasteiger partial charge is 0.244 e. The van der Waals surface area contributed by atoms with Crippen molar-refractivity contribution in [1.82, 2.24) is 9.38 Å². The predicted octanol–water partition coefficient (Wildman–Crippen LogP) is 2.75. The summed E-state index contributed by atoms with van der Waals surface area (Å²) in [4.78, 5) is 7.22. The van der Waals surface area contributed by atoms with Crippen LogP contribution in [-0.2, 0) is 6.61 Å².